The number of nitrogens with one attached hydrogen (secondary N) is 3. The van der Waals surface area contributed by atoms with Gasteiger partial charge in [-0.05, 0) is 51.0 Å². The summed E-state index contributed by atoms with van der Waals surface area (Å²) in [5.41, 5.74) is 4.01. The molecular weight excluding hydrogens is 376 g/mol. The number of aryl methyl sites for hydroxylation is 1. The summed E-state index contributed by atoms with van der Waals surface area (Å²) in [6.45, 7) is 9.42. The summed E-state index contributed by atoms with van der Waals surface area (Å²) in [5.74, 6) is 1.73. The molecule has 0 saturated heterocycles. The zero-order valence-electron chi connectivity index (χ0n) is 18.5. The maximum atomic E-state index is 12.0. The van der Waals surface area contributed by atoms with Crippen LogP contribution in [0.25, 0.3) is 0 Å². The molecule has 1 unspecified atom stereocenters. The van der Waals surface area contributed by atoms with E-state index in [0.717, 1.165) is 28.1 Å². The minimum atomic E-state index is -0.266. The summed E-state index contributed by atoms with van der Waals surface area (Å²) in [6.07, 6.45) is 0.461. The van der Waals surface area contributed by atoms with Gasteiger partial charge in [0.05, 0.1) is 0 Å². The molecule has 3 N–H and O–H groups in total. The number of fused-ring (bicyclic) bond motifs is 1. The first-order valence-electron chi connectivity index (χ1n) is 10.4. The van der Waals surface area contributed by atoms with Gasteiger partial charge in [-0.15, -0.1) is 0 Å². The maximum absolute atomic E-state index is 12.0. The van der Waals surface area contributed by atoms with E-state index in [1.54, 1.807) is 7.05 Å². The number of anilines is 1. The lowest BCUT2D eigenvalue weighted by molar-refractivity contribution is -0.116. The van der Waals surface area contributed by atoms with Crippen LogP contribution in [0.4, 0.5) is 5.69 Å². The lowest BCUT2D eigenvalue weighted by Gasteiger charge is -2.26. The fourth-order valence-electron chi connectivity index (χ4n) is 3.54. The van der Waals surface area contributed by atoms with Gasteiger partial charge < -0.3 is 20.7 Å². The third-order valence-electron chi connectivity index (χ3n) is 4.93. The van der Waals surface area contributed by atoms with Gasteiger partial charge in [0.2, 0.25) is 5.91 Å². The fraction of sp³-hybridized carbons (Fsp3) is 0.417. The number of amides is 1. The molecule has 0 aliphatic carbocycles. The molecule has 2 aromatic rings. The Hall–Kier alpha value is -3.02. The number of para-hydroxylation sites is 1. The molecule has 0 bridgehead atoms. The number of benzene rings is 2. The Bertz CT molecular complexity index is 931. The first-order chi connectivity index (χ1) is 14.2. The Morgan fingerprint density at radius 2 is 1.97 bits per heavy atom. The van der Waals surface area contributed by atoms with Gasteiger partial charge in [0, 0.05) is 43.7 Å². The summed E-state index contributed by atoms with van der Waals surface area (Å²) in [7, 11) is 1.75. The quantitative estimate of drug-likeness (QED) is 0.517. The van der Waals surface area contributed by atoms with Crippen LogP contribution in [-0.2, 0) is 11.3 Å². The maximum Gasteiger partial charge on any atom is 0.225 e. The van der Waals surface area contributed by atoms with Crippen molar-refractivity contribution in [2.45, 2.75) is 52.2 Å². The van der Waals surface area contributed by atoms with Crippen LogP contribution in [0.5, 0.6) is 5.75 Å². The monoisotopic (exact) mass is 408 g/mol. The summed E-state index contributed by atoms with van der Waals surface area (Å²) in [6, 6.07) is 14.2. The van der Waals surface area contributed by atoms with E-state index in [1.165, 1.54) is 0 Å². The number of ether oxygens (including phenoxy) is 1. The van der Waals surface area contributed by atoms with Crippen LogP contribution in [0.3, 0.4) is 0 Å². The first kappa shape index (κ1) is 21.7. The van der Waals surface area contributed by atoms with E-state index in [9.17, 15) is 4.79 Å². The van der Waals surface area contributed by atoms with E-state index >= 15 is 0 Å². The van der Waals surface area contributed by atoms with E-state index < -0.39 is 0 Å². The van der Waals surface area contributed by atoms with E-state index in [2.05, 4.69) is 52.1 Å². The van der Waals surface area contributed by atoms with Crippen LogP contribution in [0.15, 0.2) is 47.5 Å². The van der Waals surface area contributed by atoms with Crippen molar-refractivity contribution in [1.82, 2.24) is 10.6 Å². The van der Waals surface area contributed by atoms with Gasteiger partial charge >= 0.3 is 0 Å². The Morgan fingerprint density at radius 1 is 1.20 bits per heavy atom. The van der Waals surface area contributed by atoms with Gasteiger partial charge in [0.15, 0.2) is 5.96 Å². The molecule has 0 saturated carbocycles. The zero-order chi connectivity index (χ0) is 21.7. The SMILES string of the molecule is CN=C(NCc1ccc(C)cc1OC(C)(C)C)NCC1CC(=O)Nc2ccccc21. The molecule has 1 aliphatic heterocycles. The van der Waals surface area contributed by atoms with Crippen molar-refractivity contribution in [3.63, 3.8) is 0 Å². The van der Waals surface area contributed by atoms with Crippen LogP contribution in [0.1, 0.15) is 49.8 Å². The van der Waals surface area contributed by atoms with Crippen LogP contribution in [0.2, 0.25) is 0 Å². The molecule has 0 spiro atoms. The highest BCUT2D eigenvalue weighted by Gasteiger charge is 2.24. The van der Waals surface area contributed by atoms with E-state index in [0.29, 0.717) is 25.5 Å². The number of nitrogens with zero attached hydrogens (tertiary/aromatic N) is 1. The molecule has 30 heavy (non-hydrogen) atoms. The van der Waals surface area contributed by atoms with Crippen molar-refractivity contribution in [1.29, 1.82) is 0 Å². The topological polar surface area (TPSA) is 74.8 Å². The Kier molecular flexibility index (Phi) is 6.65. The van der Waals surface area contributed by atoms with Crippen LogP contribution in [0, 0.1) is 6.92 Å². The predicted octanol–water partition coefficient (Wildman–Crippen LogP) is 3.96. The molecule has 6 nitrogen and oxygen atoms in total. The Morgan fingerprint density at radius 3 is 2.70 bits per heavy atom. The molecule has 3 rings (SSSR count). The molecule has 0 aromatic heterocycles. The van der Waals surface area contributed by atoms with Crippen molar-refractivity contribution in [2.75, 3.05) is 18.9 Å². The van der Waals surface area contributed by atoms with E-state index in [1.807, 2.05) is 39.0 Å². The summed E-state index contributed by atoms with van der Waals surface area (Å²) < 4.78 is 6.14. The lowest BCUT2D eigenvalue weighted by atomic mass is 9.90. The summed E-state index contributed by atoms with van der Waals surface area (Å²) in [4.78, 5) is 16.4. The standard InChI is InChI=1S/C24H32N4O2/c1-16-10-11-17(21(12-16)30-24(2,3)4)14-26-23(25-5)27-15-18-13-22(29)28-20-9-7-6-8-19(18)20/h6-12,18H,13-15H2,1-5H3,(H,28,29)(H2,25,26,27). The van der Waals surface area contributed by atoms with Gasteiger partial charge in [0.1, 0.15) is 11.4 Å². The molecule has 1 aliphatic rings. The highest BCUT2D eigenvalue weighted by atomic mass is 16.5. The Labute approximate surface area is 179 Å². The highest BCUT2D eigenvalue weighted by molar-refractivity contribution is 5.94. The number of rotatable bonds is 5. The van der Waals surface area contributed by atoms with Gasteiger partial charge in [0.25, 0.3) is 0 Å². The smallest absolute Gasteiger partial charge is 0.225 e. The average molecular weight is 409 g/mol. The van der Waals surface area contributed by atoms with Crippen LogP contribution < -0.4 is 20.7 Å². The summed E-state index contributed by atoms with van der Waals surface area (Å²) >= 11 is 0. The second kappa shape index (κ2) is 9.20. The molecule has 0 fully saturated rings. The second-order valence-electron chi connectivity index (χ2n) is 8.67. The molecule has 2 aromatic carbocycles. The molecular formula is C24H32N4O2. The largest absolute Gasteiger partial charge is 0.488 e. The minimum Gasteiger partial charge on any atom is -0.488 e. The average Bonchev–Trinajstić information content (AvgIpc) is 2.68. The molecule has 1 atom stereocenters. The van der Waals surface area contributed by atoms with Crippen molar-refractivity contribution < 1.29 is 9.53 Å². The van der Waals surface area contributed by atoms with E-state index in [4.69, 9.17) is 4.74 Å². The predicted molar refractivity (Wildman–Crippen MR) is 122 cm³/mol. The third-order valence-corrected chi connectivity index (χ3v) is 4.93. The van der Waals surface area contributed by atoms with Crippen molar-refractivity contribution in [2.24, 2.45) is 4.99 Å². The molecule has 0 radical (unpaired) electrons. The number of hydrogen-bond acceptors (Lipinski definition) is 3. The molecule has 1 heterocycles. The van der Waals surface area contributed by atoms with Crippen molar-refractivity contribution in [3.05, 3.63) is 59.2 Å². The fourth-order valence-corrected chi connectivity index (χ4v) is 3.54. The highest BCUT2D eigenvalue weighted by Crippen LogP contribution is 2.31. The Balaban J connectivity index is 1.63. The van der Waals surface area contributed by atoms with Gasteiger partial charge in [-0.3, -0.25) is 9.79 Å². The van der Waals surface area contributed by atoms with Gasteiger partial charge in [-0.25, -0.2) is 0 Å². The van der Waals surface area contributed by atoms with Gasteiger partial charge in [-0.1, -0.05) is 30.3 Å². The van der Waals surface area contributed by atoms with E-state index in [-0.39, 0.29) is 17.4 Å². The summed E-state index contributed by atoms with van der Waals surface area (Å²) in [5, 5.41) is 9.67. The number of carbonyl (C=O) groups is 1. The third kappa shape index (κ3) is 5.75. The van der Waals surface area contributed by atoms with Crippen molar-refractivity contribution >= 4 is 17.6 Å². The molecule has 6 heteroatoms. The molecule has 160 valence electrons. The minimum absolute atomic E-state index is 0.0482. The van der Waals surface area contributed by atoms with Crippen LogP contribution in [-0.4, -0.2) is 31.1 Å². The zero-order valence-corrected chi connectivity index (χ0v) is 18.5. The van der Waals surface area contributed by atoms with Gasteiger partial charge in [-0.2, -0.15) is 0 Å². The number of guanidine groups is 1. The first-order valence-corrected chi connectivity index (χ1v) is 10.4. The van der Waals surface area contributed by atoms with Crippen LogP contribution >= 0.6 is 0 Å². The number of carbonyl (C=O) groups excluding carboxylic acids is 1. The number of hydrogen-bond donors (Lipinski definition) is 3. The second-order valence-corrected chi connectivity index (χ2v) is 8.67. The van der Waals surface area contributed by atoms with Crippen molar-refractivity contribution in [3.8, 4) is 5.75 Å². The molecule has 1 amide bonds. The normalized spacial score (nSPS) is 16.5. The lowest BCUT2D eigenvalue weighted by Crippen LogP contribution is -2.40. The number of aliphatic imine (C=N–C) groups is 1.